The highest BCUT2D eigenvalue weighted by Crippen LogP contribution is 2.24. The number of rotatable bonds is 2. The summed E-state index contributed by atoms with van der Waals surface area (Å²) in [6, 6.07) is 5.04. The second-order valence-electron chi connectivity index (χ2n) is 4.51. The smallest absolute Gasteiger partial charge is 0.241 e. The maximum atomic E-state index is 11.9. The van der Waals surface area contributed by atoms with Gasteiger partial charge in [0, 0.05) is 0 Å². The first-order chi connectivity index (χ1) is 8.16. The SMILES string of the molecule is Cc1ccc(O)c(NC(=O)C2CCCCN2)c1.Cl. The monoisotopic (exact) mass is 270 g/mol. The van der Waals surface area contributed by atoms with Gasteiger partial charge < -0.3 is 15.7 Å². The van der Waals surface area contributed by atoms with Crippen LogP contribution in [-0.4, -0.2) is 23.6 Å². The predicted octanol–water partition coefficient (Wildman–Crippen LogP) is 2.20. The summed E-state index contributed by atoms with van der Waals surface area (Å²) in [4.78, 5) is 11.9. The molecule has 1 unspecified atom stereocenters. The van der Waals surface area contributed by atoms with Crippen LogP contribution in [0.1, 0.15) is 24.8 Å². The number of aromatic hydroxyl groups is 1. The molecule has 0 radical (unpaired) electrons. The maximum Gasteiger partial charge on any atom is 0.241 e. The van der Waals surface area contributed by atoms with Crippen LogP contribution in [0.3, 0.4) is 0 Å². The Morgan fingerprint density at radius 3 is 2.89 bits per heavy atom. The molecular weight excluding hydrogens is 252 g/mol. The van der Waals surface area contributed by atoms with Gasteiger partial charge in [-0.2, -0.15) is 0 Å². The van der Waals surface area contributed by atoms with Crippen LogP contribution in [-0.2, 0) is 4.79 Å². The molecule has 1 fully saturated rings. The van der Waals surface area contributed by atoms with E-state index in [1.54, 1.807) is 12.1 Å². The van der Waals surface area contributed by atoms with E-state index in [9.17, 15) is 9.90 Å². The molecule has 0 aliphatic carbocycles. The Kier molecular flexibility index (Phi) is 5.44. The van der Waals surface area contributed by atoms with Gasteiger partial charge in [-0.05, 0) is 44.0 Å². The molecule has 1 aliphatic heterocycles. The van der Waals surface area contributed by atoms with Crippen LogP contribution in [0.25, 0.3) is 0 Å². The third-order valence-electron chi connectivity index (χ3n) is 3.04. The highest BCUT2D eigenvalue weighted by Gasteiger charge is 2.21. The van der Waals surface area contributed by atoms with Crippen LogP contribution in [0.5, 0.6) is 5.75 Å². The number of halogens is 1. The third-order valence-corrected chi connectivity index (χ3v) is 3.04. The number of carbonyl (C=O) groups excluding carboxylic acids is 1. The Labute approximate surface area is 113 Å². The summed E-state index contributed by atoms with van der Waals surface area (Å²) >= 11 is 0. The van der Waals surface area contributed by atoms with Crippen LogP contribution in [0.15, 0.2) is 18.2 Å². The van der Waals surface area contributed by atoms with Gasteiger partial charge in [-0.25, -0.2) is 0 Å². The number of hydrogen-bond acceptors (Lipinski definition) is 3. The van der Waals surface area contributed by atoms with Gasteiger partial charge in [0.25, 0.3) is 0 Å². The zero-order valence-corrected chi connectivity index (χ0v) is 11.2. The third kappa shape index (κ3) is 3.62. The highest BCUT2D eigenvalue weighted by atomic mass is 35.5. The Balaban J connectivity index is 0.00000162. The van der Waals surface area contributed by atoms with Crippen LogP contribution in [0, 0.1) is 6.92 Å². The minimum atomic E-state index is -0.135. The predicted molar refractivity (Wildman–Crippen MR) is 74.4 cm³/mol. The van der Waals surface area contributed by atoms with Gasteiger partial charge >= 0.3 is 0 Å². The molecule has 0 aromatic heterocycles. The van der Waals surface area contributed by atoms with Crippen LogP contribution >= 0.6 is 12.4 Å². The molecule has 1 aromatic carbocycles. The molecule has 1 aliphatic rings. The molecule has 1 amide bonds. The summed E-state index contributed by atoms with van der Waals surface area (Å²) in [7, 11) is 0. The van der Waals surface area contributed by atoms with Gasteiger partial charge in [-0.15, -0.1) is 12.4 Å². The van der Waals surface area contributed by atoms with Crippen molar-refractivity contribution >= 4 is 24.0 Å². The minimum absolute atomic E-state index is 0. The van der Waals surface area contributed by atoms with Gasteiger partial charge in [-0.3, -0.25) is 4.79 Å². The van der Waals surface area contributed by atoms with Crippen molar-refractivity contribution in [2.45, 2.75) is 32.2 Å². The number of phenols is 1. The Morgan fingerprint density at radius 2 is 2.22 bits per heavy atom. The summed E-state index contributed by atoms with van der Waals surface area (Å²) in [6.45, 7) is 2.81. The highest BCUT2D eigenvalue weighted by molar-refractivity contribution is 5.96. The second-order valence-corrected chi connectivity index (χ2v) is 4.51. The molecule has 0 spiro atoms. The lowest BCUT2D eigenvalue weighted by atomic mass is 10.0. The fourth-order valence-corrected chi connectivity index (χ4v) is 2.05. The minimum Gasteiger partial charge on any atom is -0.506 e. The van der Waals surface area contributed by atoms with Crippen LogP contribution < -0.4 is 10.6 Å². The number of nitrogens with one attached hydrogen (secondary N) is 2. The standard InChI is InChI=1S/C13H18N2O2.ClH/c1-9-5-6-12(16)11(8-9)15-13(17)10-4-2-3-7-14-10;/h5-6,8,10,14,16H,2-4,7H2,1H3,(H,15,17);1H. The van der Waals surface area contributed by atoms with E-state index in [2.05, 4.69) is 10.6 Å². The van der Waals surface area contributed by atoms with E-state index in [0.29, 0.717) is 5.69 Å². The zero-order chi connectivity index (χ0) is 12.3. The van der Waals surface area contributed by atoms with Gasteiger partial charge in [0.15, 0.2) is 0 Å². The number of aryl methyl sites for hydroxylation is 1. The lowest BCUT2D eigenvalue weighted by Crippen LogP contribution is -2.43. The van der Waals surface area contributed by atoms with Crippen molar-refractivity contribution in [1.82, 2.24) is 5.32 Å². The summed E-state index contributed by atoms with van der Waals surface area (Å²) in [5.41, 5.74) is 1.50. The van der Waals surface area contributed by atoms with E-state index >= 15 is 0 Å². The van der Waals surface area contributed by atoms with Crippen LogP contribution in [0.2, 0.25) is 0 Å². The number of hydrogen-bond donors (Lipinski definition) is 3. The molecule has 1 heterocycles. The van der Waals surface area contributed by atoms with Crippen molar-refractivity contribution < 1.29 is 9.90 Å². The van der Waals surface area contributed by atoms with E-state index in [0.717, 1.165) is 31.4 Å². The first-order valence-electron chi connectivity index (χ1n) is 6.00. The summed E-state index contributed by atoms with van der Waals surface area (Å²) < 4.78 is 0. The molecule has 2 rings (SSSR count). The van der Waals surface area contributed by atoms with Gasteiger partial charge in [0.1, 0.15) is 5.75 Å². The van der Waals surface area contributed by atoms with E-state index in [1.165, 1.54) is 0 Å². The summed E-state index contributed by atoms with van der Waals surface area (Å²) in [6.07, 6.45) is 3.06. The number of carbonyl (C=O) groups is 1. The van der Waals surface area contributed by atoms with Crippen molar-refractivity contribution in [2.24, 2.45) is 0 Å². The number of piperidine rings is 1. The molecular formula is C13H19ClN2O2. The summed E-state index contributed by atoms with van der Waals surface area (Å²) in [5, 5.41) is 15.6. The Bertz CT molecular complexity index is 417. The molecule has 4 nitrogen and oxygen atoms in total. The van der Waals surface area contributed by atoms with Crippen molar-refractivity contribution in [3.63, 3.8) is 0 Å². The number of phenolic OH excluding ortho intramolecular Hbond substituents is 1. The molecule has 1 atom stereocenters. The van der Waals surface area contributed by atoms with Gasteiger partial charge in [-0.1, -0.05) is 12.5 Å². The van der Waals surface area contributed by atoms with Gasteiger partial charge in [0.05, 0.1) is 11.7 Å². The van der Waals surface area contributed by atoms with Crippen molar-refractivity contribution in [3.05, 3.63) is 23.8 Å². The molecule has 0 saturated carbocycles. The first kappa shape index (κ1) is 14.8. The second kappa shape index (κ2) is 6.61. The molecule has 1 saturated heterocycles. The van der Waals surface area contributed by atoms with E-state index in [4.69, 9.17) is 0 Å². The number of anilines is 1. The molecule has 18 heavy (non-hydrogen) atoms. The molecule has 3 N–H and O–H groups in total. The number of amides is 1. The average molecular weight is 271 g/mol. The number of benzene rings is 1. The Hall–Kier alpha value is -1.26. The topological polar surface area (TPSA) is 61.4 Å². The van der Waals surface area contributed by atoms with Crippen molar-refractivity contribution in [2.75, 3.05) is 11.9 Å². The fourth-order valence-electron chi connectivity index (χ4n) is 2.05. The fraction of sp³-hybridized carbons (Fsp3) is 0.462. The lowest BCUT2D eigenvalue weighted by molar-refractivity contribution is -0.118. The van der Waals surface area contributed by atoms with Crippen LogP contribution in [0.4, 0.5) is 5.69 Å². The normalized spacial score (nSPS) is 18.8. The maximum absolute atomic E-state index is 11.9. The van der Waals surface area contributed by atoms with E-state index in [1.807, 2.05) is 13.0 Å². The largest absolute Gasteiger partial charge is 0.506 e. The molecule has 100 valence electrons. The van der Waals surface area contributed by atoms with Gasteiger partial charge in [0.2, 0.25) is 5.91 Å². The van der Waals surface area contributed by atoms with Crippen molar-refractivity contribution in [3.8, 4) is 5.75 Å². The zero-order valence-electron chi connectivity index (χ0n) is 10.4. The molecule has 5 heteroatoms. The van der Waals surface area contributed by atoms with E-state index < -0.39 is 0 Å². The quantitative estimate of drug-likeness (QED) is 0.722. The molecule has 0 bridgehead atoms. The first-order valence-corrected chi connectivity index (χ1v) is 6.00. The van der Waals surface area contributed by atoms with E-state index in [-0.39, 0.29) is 30.1 Å². The molecule has 1 aromatic rings. The van der Waals surface area contributed by atoms with Crippen molar-refractivity contribution in [1.29, 1.82) is 0 Å². The average Bonchev–Trinajstić information content (AvgIpc) is 2.35. The lowest BCUT2D eigenvalue weighted by Gasteiger charge is -2.22. The summed E-state index contributed by atoms with van der Waals surface area (Å²) in [5.74, 6) is 0.0466. The Morgan fingerprint density at radius 1 is 1.44 bits per heavy atom.